The third kappa shape index (κ3) is 4.91. The first-order chi connectivity index (χ1) is 9.36. The lowest BCUT2D eigenvalue weighted by Gasteiger charge is -2.17. The third-order valence-corrected chi connectivity index (χ3v) is 3.23. The lowest BCUT2D eigenvalue weighted by Crippen LogP contribution is -2.32. The van der Waals surface area contributed by atoms with Gasteiger partial charge in [0, 0.05) is 19.1 Å². The molecular weight excluding hydrogens is 242 g/mol. The minimum atomic E-state index is 0.161. The minimum absolute atomic E-state index is 0.161. The summed E-state index contributed by atoms with van der Waals surface area (Å²) in [5.41, 5.74) is 0. The Balaban J connectivity index is 1.49. The molecule has 0 aliphatic heterocycles. The zero-order valence-corrected chi connectivity index (χ0v) is 11.1. The van der Waals surface area contributed by atoms with E-state index in [9.17, 15) is 4.79 Å². The van der Waals surface area contributed by atoms with E-state index in [0.29, 0.717) is 19.8 Å². The number of hydrogen-bond acceptors (Lipinski definition) is 3. The van der Waals surface area contributed by atoms with Crippen LogP contribution in [0.3, 0.4) is 0 Å². The van der Waals surface area contributed by atoms with Crippen LogP contribution in [0.1, 0.15) is 31.4 Å². The molecule has 0 fully saturated rings. The molecule has 1 aromatic rings. The molecule has 1 unspecified atom stereocenters. The van der Waals surface area contributed by atoms with Gasteiger partial charge in [0.1, 0.15) is 12.4 Å². The molecule has 19 heavy (non-hydrogen) atoms. The van der Waals surface area contributed by atoms with Crippen LogP contribution in [0.4, 0.5) is 0 Å². The molecule has 1 aromatic heterocycles. The van der Waals surface area contributed by atoms with E-state index in [1.165, 1.54) is 0 Å². The molecule has 0 spiro atoms. The van der Waals surface area contributed by atoms with Gasteiger partial charge in [-0.15, -0.1) is 0 Å². The van der Waals surface area contributed by atoms with E-state index in [-0.39, 0.29) is 11.8 Å². The van der Waals surface area contributed by atoms with Crippen LogP contribution in [-0.2, 0) is 16.1 Å². The van der Waals surface area contributed by atoms with Gasteiger partial charge in [-0.1, -0.05) is 12.2 Å². The Kier molecular flexibility index (Phi) is 5.69. The molecule has 2 rings (SSSR count). The zero-order chi connectivity index (χ0) is 13.3. The van der Waals surface area contributed by atoms with E-state index in [2.05, 4.69) is 17.5 Å². The number of ether oxygens (including phenoxy) is 1. The first kappa shape index (κ1) is 13.9. The van der Waals surface area contributed by atoms with E-state index in [0.717, 1.165) is 31.4 Å². The molecule has 0 aromatic carbocycles. The van der Waals surface area contributed by atoms with Crippen LogP contribution in [0.2, 0.25) is 0 Å². The van der Waals surface area contributed by atoms with Gasteiger partial charge in [0.05, 0.1) is 6.26 Å². The van der Waals surface area contributed by atoms with Gasteiger partial charge in [-0.2, -0.15) is 0 Å². The minimum Gasteiger partial charge on any atom is -0.467 e. The molecular formula is C15H21NO3. The lowest BCUT2D eigenvalue weighted by molar-refractivity contribution is -0.125. The highest BCUT2D eigenvalue weighted by Gasteiger charge is 2.17. The fraction of sp³-hybridized carbons (Fsp3) is 0.533. The quantitative estimate of drug-likeness (QED) is 0.608. The fourth-order valence-electron chi connectivity index (χ4n) is 2.13. The highest BCUT2D eigenvalue weighted by Crippen LogP contribution is 2.17. The molecule has 4 nitrogen and oxygen atoms in total. The number of furan rings is 1. The van der Waals surface area contributed by atoms with Gasteiger partial charge >= 0.3 is 0 Å². The first-order valence-electron chi connectivity index (χ1n) is 6.89. The molecule has 1 heterocycles. The van der Waals surface area contributed by atoms with Crippen molar-refractivity contribution in [1.82, 2.24) is 5.32 Å². The van der Waals surface area contributed by atoms with Gasteiger partial charge in [-0.05, 0) is 37.8 Å². The number of carbonyl (C=O) groups excluding carboxylic acids is 1. The Morgan fingerprint density at radius 2 is 2.42 bits per heavy atom. The summed E-state index contributed by atoms with van der Waals surface area (Å²) < 4.78 is 10.6. The van der Waals surface area contributed by atoms with E-state index in [4.69, 9.17) is 9.15 Å². The number of amides is 1. The van der Waals surface area contributed by atoms with Crippen molar-refractivity contribution in [2.75, 3.05) is 13.2 Å². The molecule has 1 N–H and O–H groups in total. The van der Waals surface area contributed by atoms with Crippen LogP contribution < -0.4 is 5.32 Å². The predicted octanol–water partition coefficient (Wildman–Crippen LogP) is 2.66. The van der Waals surface area contributed by atoms with Crippen molar-refractivity contribution >= 4 is 5.91 Å². The van der Waals surface area contributed by atoms with Crippen molar-refractivity contribution < 1.29 is 13.9 Å². The highest BCUT2D eigenvalue weighted by molar-refractivity contribution is 5.78. The molecule has 104 valence electrons. The number of nitrogens with one attached hydrogen (secondary N) is 1. The smallest absolute Gasteiger partial charge is 0.223 e. The van der Waals surface area contributed by atoms with Crippen molar-refractivity contribution in [3.63, 3.8) is 0 Å². The molecule has 1 aliphatic rings. The summed E-state index contributed by atoms with van der Waals surface area (Å²) >= 11 is 0. The van der Waals surface area contributed by atoms with Crippen molar-refractivity contribution in [3.8, 4) is 0 Å². The monoisotopic (exact) mass is 263 g/mol. The van der Waals surface area contributed by atoms with Gasteiger partial charge in [0.15, 0.2) is 0 Å². The Labute approximate surface area is 113 Å². The standard InChI is InChI=1S/C15H21NO3/c17-15(13-6-2-1-3-7-13)16-9-5-10-18-12-14-8-4-11-19-14/h1-2,4,8,11,13H,3,5-7,9-10,12H2,(H,16,17). The summed E-state index contributed by atoms with van der Waals surface area (Å²) in [5, 5.41) is 2.97. The second-order valence-corrected chi connectivity index (χ2v) is 4.76. The summed E-state index contributed by atoms with van der Waals surface area (Å²) in [7, 11) is 0. The average molecular weight is 263 g/mol. The summed E-state index contributed by atoms with van der Waals surface area (Å²) in [6.07, 6.45) is 9.57. The molecule has 1 atom stereocenters. The van der Waals surface area contributed by atoms with Crippen LogP contribution in [-0.4, -0.2) is 19.1 Å². The Hall–Kier alpha value is -1.55. The molecule has 1 aliphatic carbocycles. The summed E-state index contributed by atoms with van der Waals surface area (Å²) in [4.78, 5) is 11.8. The van der Waals surface area contributed by atoms with Crippen molar-refractivity contribution in [3.05, 3.63) is 36.3 Å². The number of allylic oxidation sites excluding steroid dienone is 2. The topological polar surface area (TPSA) is 51.5 Å². The Morgan fingerprint density at radius 1 is 1.47 bits per heavy atom. The molecule has 0 radical (unpaired) electrons. The van der Waals surface area contributed by atoms with Crippen molar-refractivity contribution in [1.29, 1.82) is 0 Å². The number of carbonyl (C=O) groups is 1. The van der Waals surface area contributed by atoms with Crippen LogP contribution in [0, 0.1) is 5.92 Å². The highest BCUT2D eigenvalue weighted by atomic mass is 16.5. The summed E-state index contributed by atoms with van der Waals surface area (Å²) in [6, 6.07) is 3.73. The molecule has 0 bridgehead atoms. The van der Waals surface area contributed by atoms with Crippen LogP contribution in [0.15, 0.2) is 35.0 Å². The fourth-order valence-corrected chi connectivity index (χ4v) is 2.13. The maximum Gasteiger partial charge on any atom is 0.223 e. The van der Waals surface area contributed by atoms with Gasteiger partial charge in [-0.3, -0.25) is 4.79 Å². The molecule has 0 saturated heterocycles. The normalized spacial score (nSPS) is 18.4. The van der Waals surface area contributed by atoms with Crippen LogP contribution in [0.25, 0.3) is 0 Å². The number of hydrogen-bond donors (Lipinski definition) is 1. The second-order valence-electron chi connectivity index (χ2n) is 4.76. The maximum atomic E-state index is 11.8. The second kappa shape index (κ2) is 7.79. The van der Waals surface area contributed by atoms with Crippen LogP contribution >= 0.6 is 0 Å². The molecule has 4 heteroatoms. The Bertz CT molecular complexity index is 398. The Morgan fingerprint density at radius 3 is 3.16 bits per heavy atom. The van der Waals surface area contributed by atoms with E-state index in [1.54, 1.807) is 6.26 Å². The summed E-state index contributed by atoms with van der Waals surface area (Å²) in [5.74, 6) is 1.17. The summed E-state index contributed by atoms with van der Waals surface area (Å²) in [6.45, 7) is 1.80. The SMILES string of the molecule is O=C(NCCCOCc1ccco1)C1CC=CCC1. The largest absolute Gasteiger partial charge is 0.467 e. The van der Waals surface area contributed by atoms with Crippen molar-refractivity contribution in [2.45, 2.75) is 32.3 Å². The maximum absolute atomic E-state index is 11.8. The average Bonchev–Trinajstić information content (AvgIpc) is 2.96. The van der Waals surface area contributed by atoms with Crippen molar-refractivity contribution in [2.24, 2.45) is 5.92 Å². The van der Waals surface area contributed by atoms with E-state index >= 15 is 0 Å². The first-order valence-corrected chi connectivity index (χ1v) is 6.89. The van der Waals surface area contributed by atoms with E-state index in [1.807, 2.05) is 12.1 Å². The van der Waals surface area contributed by atoms with Gasteiger partial charge in [-0.25, -0.2) is 0 Å². The lowest BCUT2D eigenvalue weighted by atomic mass is 9.94. The van der Waals surface area contributed by atoms with Gasteiger partial charge in [0.2, 0.25) is 5.91 Å². The van der Waals surface area contributed by atoms with Crippen LogP contribution in [0.5, 0.6) is 0 Å². The van der Waals surface area contributed by atoms with E-state index < -0.39 is 0 Å². The zero-order valence-electron chi connectivity index (χ0n) is 11.1. The molecule has 0 saturated carbocycles. The third-order valence-electron chi connectivity index (χ3n) is 3.23. The molecule has 1 amide bonds. The predicted molar refractivity (Wildman–Crippen MR) is 72.5 cm³/mol. The number of rotatable bonds is 7. The van der Waals surface area contributed by atoms with Gasteiger partial charge in [0.25, 0.3) is 0 Å². The van der Waals surface area contributed by atoms with Gasteiger partial charge < -0.3 is 14.5 Å².